The Morgan fingerprint density at radius 2 is 1.80 bits per heavy atom. The molecule has 13 nitrogen and oxygen atoms in total. The Morgan fingerprint density at radius 1 is 1.11 bits per heavy atom. The first-order valence-corrected chi connectivity index (χ1v) is 16.7. The molecule has 1 aliphatic carbocycles. The summed E-state index contributed by atoms with van der Waals surface area (Å²) in [6.07, 6.45) is -7.17. The molecule has 6 rings (SSSR count). The predicted octanol–water partition coefficient (Wildman–Crippen LogP) is 7.18. The molecule has 55 heavy (non-hydrogen) atoms. The summed E-state index contributed by atoms with van der Waals surface area (Å²) >= 11 is 6.38. The standard InChI is InChI=1S/C34H30ClF7N10O3/c1-31(2,16-43)15-33(21-6-3-18(4-7-21)20-12-46-50(13-20)28(38)39)27(53)51(29(44)48-33)24(14-55-30(54)49-32(9-10-32)34(40,41)42)19-5-8-22(35)23(11-19)52-26(25(36)37)45-17-47-52/h3-8,11-13,17,24-25,28H,9-10,14-15H2,1-2H3,(H2,44,48)(H,49,54)/t24-,33-/m1/s1. The predicted molar refractivity (Wildman–Crippen MR) is 179 cm³/mol. The molecule has 0 spiro atoms. The molecule has 1 saturated heterocycles. The van der Waals surface area contributed by atoms with Crippen molar-refractivity contribution in [1.29, 1.82) is 10.7 Å². The van der Waals surface area contributed by atoms with Gasteiger partial charge in [-0.15, -0.1) is 0 Å². The summed E-state index contributed by atoms with van der Waals surface area (Å²) in [5.74, 6) is -2.22. The third-order valence-electron chi connectivity index (χ3n) is 9.35. The first kappa shape index (κ1) is 39.0. The largest absolute Gasteiger partial charge is 0.447 e. The van der Waals surface area contributed by atoms with Gasteiger partial charge in [-0.25, -0.2) is 27.9 Å². The van der Waals surface area contributed by atoms with Crippen molar-refractivity contribution in [2.45, 2.75) is 69.4 Å². The third kappa shape index (κ3) is 7.39. The average Bonchev–Trinajstić information content (AvgIpc) is 3.43. The van der Waals surface area contributed by atoms with E-state index in [1.807, 2.05) is 5.32 Å². The number of aromatic nitrogens is 5. The first-order valence-electron chi connectivity index (χ1n) is 16.4. The average molecular weight is 795 g/mol. The van der Waals surface area contributed by atoms with Crippen LogP contribution in [0.5, 0.6) is 0 Å². The van der Waals surface area contributed by atoms with Crippen LogP contribution in [0.1, 0.15) is 69.1 Å². The fourth-order valence-electron chi connectivity index (χ4n) is 6.38. The molecule has 2 amide bonds. The number of alkyl carbamates (subject to hydrolysis) is 1. The van der Waals surface area contributed by atoms with Crippen molar-refractivity contribution < 1.29 is 45.1 Å². The maximum atomic E-state index is 14.9. The molecule has 0 unspecified atom stereocenters. The van der Waals surface area contributed by atoms with Crippen LogP contribution < -0.4 is 10.6 Å². The molecule has 1 saturated carbocycles. The van der Waals surface area contributed by atoms with Gasteiger partial charge in [0.15, 0.2) is 11.8 Å². The summed E-state index contributed by atoms with van der Waals surface area (Å²) in [6, 6.07) is 10.5. The molecule has 3 heterocycles. The van der Waals surface area contributed by atoms with Crippen LogP contribution in [0, 0.1) is 22.2 Å². The van der Waals surface area contributed by atoms with Gasteiger partial charge >= 0.3 is 18.8 Å². The summed E-state index contributed by atoms with van der Waals surface area (Å²) < 4.78 is 101. The zero-order chi connectivity index (χ0) is 40.1. The molecular weight excluding hydrogens is 765 g/mol. The number of benzene rings is 2. The van der Waals surface area contributed by atoms with Gasteiger partial charge in [0.1, 0.15) is 24.0 Å². The molecule has 1 aliphatic heterocycles. The van der Waals surface area contributed by atoms with Gasteiger partial charge in [0.25, 0.3) is 12.3 Å². The topological polar surface area (TPSA) is 167 Å². The number of amides is 2. The van der Waals surface area contributed by atoms with Crippen LogP contribution >= 0.6 is 11.6 Å². The number of nitrogens with one attached hydrogen (secondary N) is 3. The first-order chi connectivity index (χ1) is 25.8. The molecular formula is C34H30ClF7N10O3. The Hall–Kier alpha value is -5.71. The lowest BCUT2D eigenvalue weighted by atomic mass is 9.75. The number of hydrogen-bond donors (Lipinski definition) is 3. The van der Waals surface area contributed by atoms with Crippen LogP contribution in [0.4, 0.5) is 35.5 Å². The van der Waals surface area contributed by atoms with Crippen molar-refractivity contribution in [3.63, 3.8) is 0 Å². The zero-order valence-electron chi connectivity index (χ0n) is 28.7. The Morgan fingerprint density at radius 3 is 2.38 bits per heavy atom. The van der Waals surface area contributed by atoms with Crippen molar-refractivity contribution in [2.75, 3.05) is 6.61 Å². The van der Waals surface area contributed by atoms with E-state index in [0.29, 0.717) is 15.8 Å². The van der Waals surface area contributed by atoms with Crippen molar-refractivity contribution >= 4 is 29.6 Å². The monoisotopic (exact) mass is 794 g/mol. The van der Waals surface area contributed by atoms with Gasteiger partial charge in [0.2, 0.25) is 0 Å². The van der Waals surface area contributed by atoms with Crippen LogP contribution in [-0.4, -0.2) is 65.7 Å². The van der Waals surface area contributed by atoms with E-state index in [1.54, 1.807) is 13.8 Å². The van der Waals surface area contributed by atoms with E-state index in [0.717, 1.165) is 22.1 Å². The lowest BCUT2D eigenvalue weighted by Gasteiger charge is -2.34. The molecule has 2 fully saturated rings. The second kappa shape index (κ2) is 14.2. The summed E-state index contributed by atoms with van der Waals surface area (Å²) in [6.45, 7) is -0.636. The lowest BCUT2D eigenvalue weighted by molar-refractivity contribution is -0.164. The fraction of sp³-hybridized carbons (Fsp3) is 0.382. The molecule has 2 atom stereocenters. The summed E-state index contributed by atoms with van der Waals surface area (Å²) in [5.41, 5.74) is -4.70. The molecule has 2 aromatic carbocycles. The van der Waals surface area contributed by atoms with Crippen molar-refractivity contribution in [1.82, 2.24) is 40.1 Å². The van der Waals surface area contributed by atoms with E-state index < -0.39 is 72.1 Å². The number of alkyl halides is 7. The fourth-order valence-corrected chi connectivity index (χ4v) is 6.57. The minimum absolute atomic E-state index is 0.0292. The maximum absolute atomic E-state index is 14.9. The van der Waals surface area contributed by atoms with Gasteiger partial charge in [-0.1, -0.05) is 41.9 Å². The molecule has 21 heteroatoms. The van der Waals surface area contributed by atoms with E-state index in [1.165, 1.54) is 48.7 Å². The van der Waals surface area contributed by atoms with E-state index in [2.05, 4.69) is 26.6 Å². The van der Waals surface area contributed by atoms with Gasteiger partial charge in [-0.05, 0) is 55.5 Å². The Kier molecular flexibility index (Phi) is 10.0. The van der Waals surface area contributed by atoms with Gasteiger partial charge in [0.05, 0.1) is 34.4 Å². The van der Waals surface area contributed by atoms with Crippen LogP contribution in [0.15, 0.2) is 61.2 Å². The number of carbonyl (C=O) groups is 2. The van der Waals surface area contributed by atoms with Crippen LogP contribution in [-0.2, 0) is 15.1 Å². The highest BCUT2D eigenvalue weighted by atomic mass is 35.5. The minimum Gasteiger partial charge on any atom is -0.447 e. The number of hydrogen-bond acceptors (Lipinski definition) is 8. The van der Waals surface area contributed by atoms with Crippen molar-refractivity contribution in [3.8, 4) is 22.9 Å². The quantitative estimate of drug-likeness (QED) is 0.127. The summed E-state index contributed by atoms with van der Waals surface area (Å²) in [7, 11) is 0. The Labute approximate surface area is 312 Å². The van der Waals surface area contributed by atoms with Gasteiger partial charge in [-0.2, -0.15) is 37.4 Å². The normalized spacial score (nSPS) is 18.7. The molecule has 0 bridgehead atoms. The highest BCUT2D eigenvalue weighted by Crippen LogP contribution is 2.49. The number of rotatable bonds is 12. The second-order valence-corrected chi connectivity index (χ2v) is 14.1. The number of nitriles is 1. The SMILES string of the molecule is CC(C)(C#N)C[C@]1(c2ccc(-c3cnn(C(F)F)c3)cc2)NC(=N)N([C@H](COC(=O)NC2(C(F)(F)F)CC2)c2ccc(Cl)c(-n3ncnc3C(F)F)c2)C1=O. The second-order valence-electron chi connectivity index (χ2n) is 13.7. The molecule has 0 radical (unpaired) electrons. The molecule has 2 aromatic heterocycles. The maximum Gasteiger partial charge on any atom is 0.411 e. The molecule has 4 aromatic rings. The lowest BCUT2D eigenvalue weighted by Crippen LogP contribution is -2.49. The van der Waals surface area contributed by atoms with Crippen molar-refractivity contribution in [3.05, 3.63) is 83.2 Å². The van der Waals surface area contributed by atoms with E-state index >= 15 is 0 Å². The van der Waals surface area contributed by atoms with Gasteiger partial charge in [-0.3, -0.25) is 15.1 Å². The molecule has 3 N–H and O–H groups in total. The number of ether oxygens (including phenoxy) is 1. The highest BCUT2D eigenvalue weighted by molar-refractivity contribution is 6.32. The number of nitrogens with zero attached hydrogens (tertiary/aromatic N) is 7. The van der Waals surface area contributed by atoms with Gasteiger partial charge in [0, 0.05) is 18.2 Å². The molecule has 2 aliphatic rings. The van der Waals surface area contributed by atoms with E-state index in [-0.39, 0.29) is 41.1 Å². The zero-order valence-corrected chi connectivity index (χ0v) is 29.5. The number of halogens is 8. The Balaban J connectivity index is 1.41. The van der Waals surface area contributed by atoms with Gasteiger partial charge < -0.3 is 15.4 Å². The summed E-state index contributed by atoms with van der Waals surface area (Å²) in [4.78, 5) is 32.1. The van der Waals surface area contributed by atoms with E-state index in [4.69, 9.17) is 21.7 Å². The highest BCUT2D eigenvalue weighted by Gasteiger charge is 2.65. The number of carbonyl (C=O) groups excluding carboxylic acids is 2. The summed E-state index contributed by atoms with van der Waals surface area (Å²) in [5, 5.41) is 31.1. The van der Waals surface area contributed by atoms with Crippen LogP contribution in [0.3, 0.4) is 0 Å². The minimum atomic E-state index is -4.78. The Bertz CT molecular complexity index is 2160. The molecule has 290 valence electrons. The number of guanidine groups is 1. The van der Waals surface area contributed by atoms with Crippen LogP contribution in [0.2, 0.25) is 5.02 Å². The van der Waals surface area contributed by atoms with Crippen LogP contribution in [0.25, 0.3) is 16.8 Å². The third-order valence-corrected chi connectivity index (χ3v) is 9.67. The smallest absolute Gasteiger partial charge is 0.411 e. The van der Waals surface area contributed by atoms with E-state index in [9.17, 15) is 45.6 Å². The van der Waals surface area contributed by atoms with Crippen molar-refractivity contribution in [2.24, 2.45) is 5.41 Å².